The Hall–Kier alpha value is -2.14. The third-order valence-electron chi connectivity index (χ3n) is 2.73. The Balaban J connectivity index is 2.33. The van der Waals surface area contributed by atoms with E-state index in [1.165, 1.54) is 0 Å². The highest BCUT2D eigenvalue weighted by Crippen LogP contribution is 2.26. The molecule has 90 valence electrons. The number of aromatic nitrogens is 4. The quantitative estimate of drug-likeness (QED) is 0.681. The number of hydrogen-bond acceptors (Lipinski definition) is 4. The fraction of sp³-hybridized carbons (Fsp3) is 0.0833. The molecule has 2 N–H and O–H groups in total. The Labute approximate surface area is 108 Å². The van der Waals surface area contributed by atoms with Gasteiger partial charge < -0.3 is 10.3 Å². The van der Waals surface area contributed by atoms with Gasteiger partial charge in [-0.2, -0.15) is 9.97 Å². The molecule has 0 atom stereocenters. The van der Waals surface area contributed by atoms with E-state index in [-0.39, 0.29) is 11.1 Å². The fourth-order valence-electron chi connectivity index (χ4n) is 1.89. The molecule has 0 bridgehead atoms. The Morgan fingerprint density at radius 3 is 2.56 bits per heavy atom. The molecule has 0 saturated carbocycles. The van der Waals surface area contributed by atoms with Crippen molar-refractivity contribution in [2.75, 3.05) is 5.73 Å². The summed E-state index contributed by atoms with van der Waals surface area (Å²) in [5, 5.41) is 0.273. The lowest BCUT2D eigenvalue weighted by Gasteiger charge is -2.01. The van der Waals surface area contributed by atoms with Crippen LogP contribution in [0.2, 0.25) is 5.15 Å². The van der Waals surface area contributed by atoms with Crippen LogP contribution in [0.15, 0.2) is 30.3 Å². The van der Waals surface area contributed by atoms with Crippen LogP contribution >= 0.6 is 11.6 Å². The third kappa shape index (κ3) is 1.60. The van der Waals surface area contributed by atoms with E-state index in [2.05, 4.69) is 15.0 Å². The van der Waals surface area contributed by atoms with E-state index in [0.717, 1.165) is 11.4 Å². The monoisotopic (exact) mass is 259 g/mol. The second-order valence-corrected chi connectivity index (χ2v) is 4.26. The normalized spacial score (nSPS) is 11.0. The zero-order valence-electron chi connectivity index (χ0n) is 9.63. The predicted octanol–water partition coefficient (Wildman–Crippen LogP) is 2.27. The lowest BCUT2D eigenvalue weighted by Crippen LogP contribution is -1.98. The van der Waals surface area contributed by atoms with Crippen molar-refractivity contribution in [2.45, 2.75) is 0 Å². The molecule has 2 heterocycles. The lowest BCUT2D eigenvalue weighted by atomic mass is 10.2. The van der Waals surface area contributed by atoms with Crippen LogP contribution in [0.1, 0.15) is 0 Å². The molecule has 0 amide bonds. The molecular weight excluding hydrogens is 250 g/mol. The van der Waals surface area contributed by atoms with Crippen LogP contribution in [0.4, 0.5) is 5.95 Å². The van der Waals surface area contributed by atoms with Crippen molar-refractivity contribution >= 4 is 28.7 Å². The second-order valence-electron chi connectivity index (χ2n) is 3.91. The Kier molecular flexibility index (Phi) is 2.41. The summed E-state index contributed by atoms with van der Waals surface area (Å²) in [6.07, 6.45) is 0. The molecule has 6 heteroatoms. The number of nitrogen functional groups attached to an aromatic ring is 1. The minimum atomic E-state index is 0.148. The van der Waals surface area contributed by atoms with Crippen molar-refractivity contribution in [3.05, 3.63) is 35.5 Å². The summed E-state index contributed by atoms with van der Waals surface area (Å²) in [4.78, 5) is 12.5. The number of nitrogens with two attached hydrogens (primary N) is 1. The van der Waals surface area contributed by atoms with Crippen molar-refractivity contribution in [1.29, 1.82) is 0 Å². The predicted molar refractivity (Wildman–Crippen MR) is 71.2 cm³/mol. The number of rotatable bonds is 1. The van der Waals surface area contributed by atoms with Gasteiger partial charge in [0, 0.05) is 12.6 Å². The number of imidazole rings is 1. The van der Waals surface area contributed by atoms with E-state index in [1.54, 1.807) is 0 Å². The maximum Gasteiger partial charge on any atom is 0.223 e. The van der Waals surface area contributed by atoms with Gasteiger partial charge >= 0.3 is 0 Å². The second kappa shape index (κ2) is 3.96. The van der Waals surface area contributed by atoms with Crippen molar-refractivity contribution < 1.29 is 0 Å². The van der Waals surface area contributed by atoms with Crippen LogP contribution in [0.25, 0.3) is 22.6 Å². The summed E-state index contributed by atoms with van der Waals surface area (Å²) in [6, 6.07) is 9.82. The molecule has 0 aliphatic carbocycles. The molecule has 0 aliphatic heterocycles. The molecule has 0 radical (unpaired) electrons. The first kappa shape index (κ1) is 11.0. The maximum atomic E-state index is 6.03. The van der Waals surface area contributed by atoms with E-state index in [1.807, 2.05) is 41.9 Å². The number of aryl methyl sites for hydroxylation is 1. The Morgan fingerprint density at radius 1 is 1.11 bits per heavy atom. The van der Waals surface area contributed by atoms with E-state index < -0.39 is 0 Å². The first-order valence-electron chi connectivity index (χ1n) is 5.37. The SMILES string of the molecule is Cn1c(-c2ccccc2)nc2c(Cl)nc(N)nc21. The Morgan fingerprint density at radius 2 is 1.83 bits per heavy atom. The summed E-state index contributed by atoms with van der Waals surface area (Å²) >= 11 is 6.03. The van der Waals surface area contributed by atoms with Gasteiger partial charge in [0.25, 0.3) is 0 Å². The summed E-state index contributed by atoms with van der Waals surface area (Å²) in [5.41, 5.74) is 7.78. The summed E-state index contributed by atoms with van der Waals surface area (Å²) in [7, 11) is 1.88. The van der Waals surface area contributed by atoms with E-state index >= 15 is 0 Å². The minimum absolute atomic E-state index is 0.148. The number of fused-ring (bicyclic) bond motifs is 1. The highest BCUT2D eigenvalue weighted by Gasteiger charge is 2.14. The highest BCUT2D eigenvalue weighted by molar-refractivity contribution is 6.33. The summed E-state index contributed by atoms with van der Waals surface area (Å²) in [5.74, 6) is 0.933. The molecule has 3 rings (SSSR count). The van der Waals surface area contributed by atoms with Crippen molar-refractivity contribution in [3.8, 4) is 11.4 Å². The summed E-state index contributed by atoms with van der Waals surface area (Å²) in [6.45, 7) is 0. The zero-order chi connectivity index (χ0) is 12.7. The van der Waals surface area contributed by atoms with Gasteiger partial charge in [-0.1, -0.05) is 41.9 Å². The van der Waals surface area contributed by atoms with Gasteiger partial charge in [0.2, 0.25) is 5.95 Å². The van der Waals surface area contributed by atoms with Gasteiger partial charge in [0.05, 0.1) is 0 Å². The lowest BCUT2D eigenvalue weighted by molar-refractivity contribution is 0.940. The number of anilines is 1. The first-order chi connectivity index (χ1) is 8.66. The van der Waals surface area contributed by atoms with E-state index in [9.17, 15) is 0 Å². The first-order valence-corrected chi connectivity index (χ1v) is 5.75. The molecular formula is C12H10ClN5. The van der Waals surface area contributed by atoms with Crippen LogP contribution in [-0.4, -0.2) is 19.5 Å². The van der Waals surface area contributed by atoms with Crippen molar-refractivity contribution in [3.63, 3.8) is 0 Å². The third-order valence-corrected chi connectivity index (χ3v) is 2.99. The minimum Gasteiger partial charge on any atom is -0.368 e. The highest BCUT2D eigenvalue weighted by atomic mass is 35.5. The molecule has 5 nitrogen and oxygen atoms in total. The molecule has 0 saturated heterocycles. The van der Waals surface area contributed by atoms with Crippen LogP contribution in [0, 0.1) is 0 Å². The van der Waals surface area contributed by atoms with Gasteiger partial charge in [0.15, 0.2) is 10.8 Å². The van der Waals surface area contributed by atoms with Crippen LogP contribution in [0.3, 0.4) is 0 Å². The van der Waals surface area contributed by atoms with Crippen molar-refractivity contribution in [2.24, 2.45) is 7.05 Å². The molecule has 18 heavy (non-hydrogen) atoms. The molecule has 0 aliphatic rings. The fourth-order valence-corrected chi connectivity index (χ4v) is 2.10. The van der Waals surface area contributed by atoms with Gasteiger partial charge in [0.1, 0.15) is 11.3 Å². The molecule has 2 aromatic heterocycles. The average molecular weight is 260 g/mol. The summed E-state index contributed by atoms with van der Waals surface area (Å²) < 4.78 is 1.86. The van der Waals surface area contributed by atoms with Gasteiger partial charge in [-0.15, -0.1) is 0 Å². The topological polar surface area (TPSA) is 69.6 Å². The van der Waals surface area contributed by atoms with E-state index in [0.29, 0.717) is 11.2 Å². The number of hydrogen-bond donors (Lipinski definition) is 1. The van der Waals surface area contributed by atoms with Gasteiger partial charge in [-0.3, -0.25) is 0 Å². The van der Waals surface area contributed by atoms with Crippen LogP contribution in [0.5, 0.6) is 0 Å². The number of benzene rings is 1. The largest absolute Gasteiger partial charge is 0.368 e. The number of nitrogens with zero attached hydrogens (tertiary/aromatic N) is 4. The smallest absolute Gasteiger partial charge is 0.223 e. The zero-order valence-corrected chi connectivity index (χ0v) is 10.4. The number of halogens is 1. The van der Waals surface area contributed by atoms with E-state index in [4.69, 9.17) is 17.3 Å². The molecule has 0 fully saturated rings. The molecule has 0 spiro atoms. The average Bonchev–Trinajstić information content (AvgIpc) is 2.69. The Bertz CT molecular complexity index is 720. The van der Waals surface area contributed by atoms with Crippen LogP contribution < -0.4 is 5.73 Å². The molecule has 0 unspecified atom stereocenters. The molecule has 3 aromatic rings. The molecule has 1 aromatic carbocycles. The maximum absolute atomic E-state index is 6.03. The van der Waals surface area contributed by atoms with Gasteiger partial charge in [-0.25, -0.2) is 4.98 Å². The van der Waals surface area contributed by atoms with Crippen molar-refractivity contribution in [1.82, 2.24) is 19.5 Å². The standard InChI is InChI=1S/C12H10ClN5/c1-18-10(7-5-3-2-4-6-7)15-8-9(13)16-12(14)17-11(8)18/h2-6H,1H3,(H2,14,16,17). The van der Waals surface area contributed by atoms with Crippen LogP contribution in [-0.2, 0) is 7.05 Å². The van der Waals surface area contributed by atoms with Gasteiger partial charge in [-0.05, 0) is 0 Å².